The minimum Gasteiger partial charge on any atom is -0.322 e. The third-order valence-electron chi connectivity index (χ3n) is 3.01. The van der Waals surface area contributed by atoms with Crippen LogP contribution in [0.5, 0.6) is 0 Å². The van der Waals surface area contributed by atoms with E-state index < -0.39 is 11.7 Å². The second-order valence-electron chi connectivity index (χ2n) is 4.36. The molecular formula is C15H10N2O3. The average molecular weight is 266 g/mol. The highest BCUT2D eigenvalue weighted by atomic mass is 16.2. The van der Waals surface area contributed by atoms with Crippen LogP contribution in [-0.2, 0) is 4.79 Å². The van der Waals surface area contributed by atoms with Gasteiger partial charge in [-0.3, -0.25) is 14.4 Å². The van der Waals surface area contributed by atoms with Crippen molar-refractivity contribution in [2.45, 2.75) is 0 Å². The number of para-hydroxylation sites is 1. The molecule has 3 rings (SSSR count). The van der Waals surface area contributed by atoms with Crippen molar-refractivity contribution in [1.29, 1.82) is 0 Å². The number of hydrogen-bond donors (Lipinski definition) is 2. The molecule has 0 atom stereocenters. The van der Waals surface area contributed by atoms with Gasteiger partial charge in [0, 0.05) is 11.3 Å². The Balaban J connectivity index is 1.87. The van der Waals surface area contributed by atoms with Crippen molar-refractivity contribution < 1.29 is 14.4 Å². The molecule has 1 aliphatic heterocycles. The maximum Gasteiger partial charge on any atom is 0.296 e. The molecule has 0 saturated carbocycles. The van der Waals surface area contributed by atoms with Gasteiger partial charge in [-0.15, -0.1) is 0 Å². The fourth-order valence-electron chi connectivity index (χ4n) is 2.01. The van der Waals surface area contributed by atoms with E-state index in [1.54, 1.807) is 24.3 Å². The molecule has 2 aromatic rings. The van der Waals surface area contributed by atoms with E-state index in [0.717, 1.165) is 0 Å². The van der Waals surface area contributed by atoms with E-state index >= 15 is 0 Å². The summed E-state index contributed by atoms with van der Waals surface area (Å²) in [4.78, 5) is 34.9. The molecule has 0 aliphatic carbocycles. The van der Waals surface area contributed by atoms with Crippen LogP contribution in [0.25, 0.3) is 0 Å². The van der Waals surface area contributed by atoms with Gasteiger partial charge in [-0.25, -0.2) is 0 Å². The predicted molar refractivity (Wildman–Crippen MR) is 73.8 cm³/mol. The van der Waals surface area contributed by atoms with E-state index in [1.807, 2.05) is 18.2 Å². The first-order valence-electron chi connectivity index (χ1n) is 6.01. The number of ketones is 1. The number of amides is 2. The molecular weight excluding hydrogens is 256 g/mol. The van der Waals surface area contributed by atoms with Gasteiger partial charge in [-0.1, -0.05) is 18.2 Å². The van der Waals surface area contributed by atoms with Crippen LogP contribution in [0.4, 0.5) is 11.4 Å². The fraction of sp³-hybridized carbons (Fsp3) is 0. The lowest BCUT2D eigenvalue weighted by Gasteiger charge is -2.06. The molecule has 2 amide bonds. The van der Waals surface area contributed by atoms with E-state index in [1.165, 1.54) is 6.07 Å². The van der Waals surface area contributed by atoms with E-state index in [9.17, 15) is 14.4 Å². The number of benzene rings is 2. The fourth-order valence-corrected chi connectivity index (χ4v) is 2.01. The second-order valence-corrected chi connectivity index (χ2v) is 4.36. The number of carbonyl (C=O) groups is 3. The Hall–Kier alpha value is -2.95. The summed E-state index contributed by atoms with van der Waals surface area (Å²) in [5.74, 6) is -1.61. The Morgan fingerprint density at radius 3 is 2.50 bits per heavy atom. The normalized spacial score (nSPS) is 12.8. The Morgan fingerprint density at radius 1 is 1.00 bits per heavy atom. The van der Waals surface area contributed by atoms with Gasteiger partial charge in [-0.05, 0) is 30.3 Å². The van der Waals surface area contributed by atoms with Crippen LogP contribution in [0.15, 0.2) is 48.5 Å². The summed E-state index contributed by atoms with van der Waals surface area (Å²) in [7, 11) is 0. The molecule has 0 unspecified atom stereocenters. The molecule has 0 bridgehead atoms. The zero-order valence-electron chi connectivity index (χ0n) is 10.3. The van der Waals surface area contributed by atoms with Crippen molar-refractivity contribution in [1.82, 2.24) is 0 Å². The van der Waals surface area contributed by atoms with Crippen molar-refractivity contribution in [3.63, 3.8) is 0 Å². The quantitative estimate of drug-likeness (QED) is 0.817. The Morgan fingerprint density at radius 2 is 1.75 bits per heavy atom. The minimum absolute atomic E-state index is 0.232. The van der Waals surface area contributed by atoms with Gasteiger partial charge in [0.1, 0.15) is 0 Å². The molecule has 98 valence electrons. The second kappa shape index (κ2) is 4.62. The molecule has 20 heavy (non-hydrogen) atoms. The maximum atomic E-state index is 12.1. The van der Waals surface area contributed by atoms with Gasteiger partial charge in [0.15, 0.2) is 0 Å². The van der Waals surface area contributed by atoms with E-state index in [-0.39, 0.29) is 11.5 Å². The molecule has 1 aliphatic rings. The van der Waals surface area contributed by atoms with Crippen LogP contribution in [0, 0.1) is 0 Å². The third kappa shape index (κ3) is 2.05. The molecule has 0 saturated heterocycles. The van der Waals surface area contributed by atoms with Crippen LogP contribution in [0.2, 0.25) is 0 Å². The van der Waals surface area contributed by atoms with Crippen LogP contribution >= 0.6 is 0 Å². The number of fused-ring (bicyclic) bond motifs is 1. The van der Waals surface area contributed by atoms with Crippen molar-refractivity contribution in [2.75, 3.05) is 10.6 Å². The number of nitrogens with one attached hydrogen (secondary N) is 2. The van der Waals surface area contributed by atoms with Crippen molar-refractivity contribution in [3.05, 3.63) is 59.7 Å². The number of hydrogen-bond acceptors (Lipinski definition) is 3. The Labute approximate surface area is 114 Å². The third-order valence-corrected chi connectivity index (χ3v) is 3.01. The van der Waals surface area contributed by atoms with Gasteiger partial charge in [0.25, 0.3) is 17.6 Å². The lowest BCUT2D eigenvalue weighted by Crippen LogP contribution is -2.13. The lowest BCUT2D eigenvalue weighted by molar-refractivity contribution is -0.112. The molecule has 0 aromatic heterocycles. The topological polar surface area (TPSA) is 75.3 Å². The maximum absolute atomic E-state index is 12.1. The molecule has 2 N–H and O–H groups in total. The zero-order chi connectivity index (χ0) is 14.1. The highest BCUT2D eigenvalue weighted by molar-refractivity contribution is 6.51. The van der Waals surface area contributed by atoms with E-state index in [2.05, 4.69) is 10.6 Å². The van der Waals surface area contributed by atoms with Crippen molar-refractivity contribution in [3.8, 4) is 0 Å². The molecule has 5 heteroatoms. The minimum atomic E-state index is -0.666. The highest BCUT2D eigenvalue weighted by Gasteiger charge is 2.28. The molecule has 5 nitrogen and oxygen atoms in total. The largest absolute Gasteiger partial charge is 0.322 e. The van der Waals surface area contributed by atoms with Gasteiger partial charge >= 0.3 is 0 Å². The van der Waals surface area contributed by atoms with Crippen LogP contribution in [0.3, 0.4) is 0 Å². The average Bonchev–Trinajstić information content (AvgIpc) is 2.75. The van der Waals surface area contributed by atoms with Crippen LogP contribution in [0.1, 0.15) is 20.7 Å². The lowest BCUT2D eigenvalue weighted by atomic mass is 10.1. The summed E-state index contributed by atoms with van der Waals surface area (Å²) >= 11 is 0. The Kier molecular flexibility index (Phi) is 2.80. The molecule has 0 radical (unpaired) electrons. The molecule has 0 fully saturated rings. The summed E-state index contributed by atoms with van der Waals surface area (Å²) in [5.41, 5.74) is 1.67. The van der Waals surface area contributed by atoms with Gasteiger partial charge in [-0.2, -0.15) is 0 Å². The zero-order valence-corrected chi connectivity index (χ0v) is 10.3. The standard InChI is InChI=1S/C15H10N2O3/c18-13-11-8-9(6-7-12(11)17-15(13)20)14(19)16-10-4-2-1-3-5-10/h1-8H,(H,16,19)(H,17,18,20). The highest BCUT2D eigenvalue weighted by Crippen LogP contribution is 2.24. The van der Waals surface area contributed by atoms with Gasteiger partial charge < -0.3 is 10.6 Å². The number of rotatable bonds is 2. The monoisotopic (exact) mass is 266 g/mol. The smallest absolute Gasteiger partial charge is 0.296 e. The summed E-state index contributed by atoms with van der Waals surface area (Å²) in [6.45, 7) is 0. The summed E-state index contributed by atoms with van der Waals surface area (Å²) in [5, 5.41) is 5.16. The van der Waals surface area contributed by atoms with Crippen LogP contribution in [-0.4, -0.2) is 17.6 Å². The number of carbonyl (C=O) groups excluding carboxylic acids is 3. The summed E-state index contributed by atoms with van der Waals surface area (Å²) < 4.78 is 0. The first-order valence-corrected chi connectivity index (χ1v) is 6.01. The molecule has 0 spiro atoms. The van der Waals surface area contributed by atoms with Crippen molar-refractivity contribution in [2.24, 2.45) is 0 Å². The number of Topliss-reactive ketones (excluding diaryl/α,β-unsaturated/α-hetero) is 1. The summed E-state index contributed by atoms with van der Waals surface area (Å²) in [6.07, 6.45) is 0. The van der Waals surface area contributed by atoms with Crippen LogP contribution < -0.4 is 10.6 Å². The van der Waals surface area contributed by atoms with Gasteiger partial charge in [0.05, 0.1) is 11.3 Å². The number of anilines is 2. The predicted octanol–water partition coefficient (Wildman–Crippen LogP) is 2.07. The molecule has 1 heterocycles. The van der Waals surface area contributed by atoms with Crippen molar-refractivity contribution >= 4 is 29.0 Å². The molecule has 2 aromatic carbocycles. The summed E-state index contributed by atoms with van der Waals surface area (Å²) in [6, 6.07) is 13.5. The SMILES string of the molecule is O=C1Nc2ccc(C(=O)Nc3ccccc3)cc2C1=O. The van der Waals surface area contributed by atoms with E-state index in [4.69, 9.17) is 0 Å². The first-order chi connectivity index (χ1) is 9.65. The first kappa shape index (κ1) is 12.1. The van der Waals surface area contributed by atoms with Gasteiger partial charge in [0.2, 0.25) is 0 Å². The Bertz CT molecular complexity index is 723. The van der Waals surface area contributed by atoms with E-state index in [0.29, 0.717) is 16.9 Å².